The zero-order valence-electron chi connectivity index (χ0n) is 14.8. The summed E-state index contributed by atoms with van der Waals surface area (Å²) in [5.74, 6) is -0.943. The molecule has 6 nitrogen and oxygen atoms in total. The highest BCUT2D eigenvalue weighted by atomic mass is 16.2. The quantitative estimate of drug-likeness (QED) is 0.663. The summed E-state index contributed by atoms with van der Waals surface area (Å²) in [5.41, 5.74) is 1.14. The van der Waals surface area contributed by atoms with Crippen LogP contribution >= 0.6 is 0 Å². The van der Waals surface area contributed by atoms with Gasteiger partial charge >= 0.3 is 0 Å². The largest absolute Gasteiger partial charge is 0.354 e. The molecule has 0 spiro atoms. The van der Waals surface area contributed by atoms with Crippen LogP contribution in [0.5, 0.6) is 0 Å². The lowest BCUT2D eigenvalue weighted by molar-refractivity contribution is -0.132. The second-order valence-corrected chi connectivity index (χ2v) is 6.18. The summed E-state index contributed by atoms with van der Waals surface area (Å²) in [6.45, 7) is 7.17. The molecule has 0 aliphatic rings. The number of benzene rings is 1. The molecule has 6 heteroatoms. The predicted molar refractivity (Wildman–Crippen MR) is 93.2 cm³/mol. The SMILES string of the molecule is CC(=O)N[C@H](C(=O)N[C@H](C)C(=O)NCCc1ccccc1)C(C)C. The fourth-order valence-electron chi connectivity index (χ4n) is 2.25. The lowest BCUT2D eigenvalue weighted by atomic mass is 10.0. The van der Waals surface area contributed by atoms with Crippen LogP contribution in [0.1, 0.15) is 33.3 Å². The zero-order valence-corrected chi connectivity index (χ0v) is 14.8. The minimum absolute atomic E-state index is 0.0674. The van der Waals surface area contributed by atoms with Gasteiger partial charge in [-0.2, -0.15) is 0 Å². The second-order valence-electron chi connectivity index (χ2n) is 6.18. The standard InChI is InChI=1S/C18H27N3O3/c1-12(2)16(21-14(4)22)18(24)20-13(3)17(23)19-11-10-15-8-6-5-7-9-15/h5-9,12-13,16H,10-11H2,1-4H3,(H,19,23)(H,20,24)(H,21,22)/t13-,16+/m1/s1. The number of nitrogens with one attached hydrogen (secondary N) is 3. The van der Waals surface area contributed by atoms with E-state index < -0.39 is 12.1 Å². The van der Waals surface area contributed by atoms with Gasteiger partial charge in [-0.3, -0.25) is 14.4 Å². The van der Waals surface area contributed by atoms with E-state index in [0.29, 0.717) is 6.54 Å². The van der Waals surface area contributed by atoms with Crippen LogP contribution < -0.4 is 16.0 Å². The van der Waals surface area contributed by atoms with Crippen molar-refractivity contribution in [2.24, 2.45) is 5.92 Å². The molecule has 1 aromatic rings. The molecule has 3 N–H and O–H groups in total. The Hall–Kier alpha value is -2.37. The minimum atomic E-state index is -0.664. The van der Waals surface area contributed by atoms with E-state index in [1.807, 2.05) is 44.2 Å². The first kappa shape index (κ1) is 19.7. The Bertz CT molecular complexity index is 558. The van der Waals surface area contributed by atoms with Crippen molar-refractivity contribution in [3.8, 4) is 0 Å². The van der Waals surface area contributed by atoms with Gasteiger partial charge in [-0.05, 0) is 24.8 Å². The highest BCUT2D eigenvalue weighted by Crippen LogP contribution is 2.03. The topological polar surface area (TPSA) is 87.3 Å². The number of hydrogen-bond donors (Lipinski definition) is 3. The van der Waals surface area contributed by atoms with E-state index in [2.05, 4.69) is 16.0 Å². The first-order chi connectivity index (χ1) is 11.3. The average Bonchev–Trinajstić information content (AvgIpc) is 2.52. The highest BCUT2D eigenvalue weighted by Gasteiger charge is 2.25. The smallest absolute Gasteiger partial charge is 0.243 e. The number of amides is 3. The molecule has 1 rings (SSSR count). The van der Waals surface area contributed by atoms with Gasteiger partial charge in [0.1, 0.15) is 12.1 Å². The van der Waals surface area contributed by atoms with Crippen LogP contribution in [-0.4, -0.2) is 36.3 Å². The molecule has 0 aliphatic heterocycles. The maximum atomic E-state index is 12.2. The van der Waals surface area contributed by atoms with Crippen LogP contribution in [0.25, 0.3) is 0 Å². The molecule has 0 aromatic heterocycles. The monoisotopic (exact) mass is 333 g/mol. The van der Waals surface area contributed by atoms with E-state index in [4.69, 9.17) is 0 Å². The van der Waals surface area contributed by atoms with Crippen molar-refractivity contribution in [1.82, 2.24) is 16.0 Å². The molecule has 0 radical (unpaired) electrons. The first-order valence-electron chi connectivity index (χ1n) is 8.20. The summed E-state index contributed by atoms with van der Waals surface area (Å²) in [5, 5.41) is 8.06. The molecule has 0 saturated heterocycles. The number of hydrogen-bond acceptors (Lipinski definition) is 3. The molecule has 2 atom stereocenters. The van der Waals surface area contributed by atoms with Crippen LogP contribution in [-0.2, 0) is 20.8 Å². The summed E-state index contributed by atoms with van der Waals surface area (Å²) in [7, 11) is 0. The van der Waals surface area contributed by atoms with Crippen molar-refractivity contribution in [3.05, 3.63) is 35.9 Å². The van der Waals surface area contributed by atoms with Crippen LogP contribution in [0.15, 0.2) is 30.3 Å². The lowest BCUT2D eigenvalue weighted by Crippen LogP contribution is -2.54. The molecule has 0 fully saturated rings. The Morgan fingerprint density at radius 3 is 2.12 bits per heavy atom. The third kappa shape index (κ3) is 6.81. The van der Waals surface area contributed by atoms with Crippen molar-refractivity contribution in [3.63, 3.8) is 0 Å². The molecule has 0 unspecified atom stereocenters. The van der Waals surface area contributed by atoms with Crippen LogP contribution in [0.4, 0.5) is 0 Å². The number of rotatable bonds is 8. The molecular formula is C18H27N3O3. The molecule has 0 aliphatic carbocycles. The Morgan fingerprint density at radius 1 is 0.958 bits per heavy atom. The average molecular weight is 333 g/mol. The molecule has 1 aromatic carbocycles. The molecule has 0 heterocycles. The molecule has 3 amide bonds. The van der Waals surface area contributed by atoms with Gasteiger partial charge in [0.05, 0.1) is 0 Å². The maximum Gasteiger partial charge on any atom is 0.243 e. The predicted octanol–water partition coefficient (Wildman–Crippen LogP) is 1.01. The van der Waals surface area contributed by atoms with Gasteiger partial charge in [0, 0.05) is 13.5 Å². The van der Waals surface area contributed by atoms with Crippen LogP contribution in [0.3, 0.4) is 0 Å². The molecule has 0 bridgehead atoms. The van der Waals surface area contributed by atoms with E-state index in [1.54, 1.807) is 6.92 Å². The van der Waals surface area contributed by atoms with Gasteiger partial charge in [0.15, 0.2) is 0 Å². The lowest BCUT2D eigenvalue weighted by Gasteiger charge is -2.23. The van der Waals surface area contributed by atoms with E-state index in [9.17, 15) is 14.4 Å². The Balaban J connectivity index is 2.44. The number of carbonyl (C=O) groups excluding carboxylic acids is 3. The maximum absolute atomic E-state index is 12.2. The summed E-state index contributed by atoms with van der Waals surface area (Å²) in [6.07, 6.45) is 0.730. The Morgan fingerprint density at radius 2 is 1.58 bits per heavy atom. The first-order valence-corrected chi connectivity index (χ1v) is 8.20. The van der Waals surface area contributed by atoms with Gasteiger partial charge < -0.3 is 16.0 Å². The van der Waals surface area contributed by atoms with Crippen molar-refractivity contribution in [1.29, 1.82) is 0 Å². The molecule has 132 valence electrons. The van der Waals surface area contributed by atoms with Gasteiger partial charge in [-0.1, -0.05) is 44.2 Å². The minimum Gasteiger partial charge on any atom is -0.354 e. The van der Waals surface area contributed by atoms with Gasteiger partial charge in [-0.15, -0.1) is 0 Å². The van der Waals surface area contributed by atoms with E-state index in [1.165, 1.54) is 6.92 Å². The van der Waals surface area contributed by atoms with Crippen LogP contribution in [0, 0.1) is 5.92 Å². The third-order valence-corrected chi connectivity index (χ3v) is 3.62. The highest BCUT2D eigenvalue weighted by molar-refractivity contribution is 5.91. The summed E-state index contributed by atoms with van der Waals surface area (Å²) >= 11 is 0. The summed E-state index contributed by atoms with van der Waals surface area (Å²) in [6, 6.07) is 8.53. The van der Waals surface area contributed by atoms with Crippen molar-refractivity contribution < 1.29 is 14.4 Å². The van der Waals surface area contributed by atoms with E-state index in [0.717, 1.165) is 12.0 Å². The van der Waals surface area contributed by atoms with E-state index in [-0.39, 0.29) is 23.6 Å². The fraction of sp³-hybridized carbons (Fsp3) is 0.500. The van der Waals surface area contributed by atoms with Gasteiger partial charge in [0.25, 0.3) is 0 Å². The van der Waals surface area contributed by atoms with Gasteiger partial charge in [-0.25, -0.2) is 0 Å². The van der Waals surface area contributed by atoms with E-state index >= 15 is 0 Å². The van der Waals surface area contributed by atoms with Gasteiger partial charge in [0.2, 0.25) is 17.7 Å². The molecule has 0 saturated carbocycles. The van der Waals surface area contributed by atoms with Crippen molar-refractivity contribution in [2.75, 3.05) is 6.54 Å². The van der Waals surface area contributed by atoms with Crippen molar-refractivity contribution >= 4 is 17.7 Å². The third-order valence-electron chi connectivity index (χ3n) is 3.62. The number of carbonyl (C=O) groups is 3. The van der Waals surface area contributed by atoms with Crippen molar-refractivity contribution in [2.45, 2.75) is 46.2 Å². The zero-order chi connectivity index (χ0) is 18.1. The fourth-order valence-corrected chi connectivity index (χ4v) is 2.25. The molecular weight excluding hydrogens is 306 g/mol. The molecule has 24 heavy (non-hydrogen) atoms. The normalized spacial score (nSPS) is 13.0. The van der Waals surface area contributed by atoms with Crippen LogP contribution in [0.2, 0.25) is 0 Å². The Labute approximate surface area is 143 Å². The summed E-state index contributed by atoms with van der Waals surface area (Å²) in [4.78, 5) is 35.5. The second kappa shape index (κ2) is 9.70. The summed E-state index contributed by atoms with van der Waals surface area (Å²) < 4.78 is 0. The Kier molecular flexibility index (Phi) is 7.95.